The van der Waals surface area contributed by atoms with E-state index in [0.717, 1.165) is 22.0 Å². The summed E-state index contributed by atoms with van der Waals surface area (Å²) in [7, 11) is 0. The van der Waals surface area contributed by atoms with Crippen LogP contribution in [-0.4, -0.2) is 16.9 Å². The highest BCUT2D eigenvalue weighted by Crippen LogP contribution is 2.24. The fourth-order valence-electron chi connectivity index (χ4n) is 1.91. The summed E-state index contributed by atoms with van der Waals surface area (Å²) < 4.78 is 0. The molecule has 0 aliphatic rings. The van der Waals surface area contributed by atoms with Crippen LogP contribution in [0.2, 0.25) is 0 Å². The Labute approximate surface area is 129 Å². The molecule has 0 spiro atoms. The molecule has 4 nitrogen and oxygen atoms in total. The molecular formula is C16H21N3OS. The molecular weight excluding hydrogens is 282 g/mol. The van der Waals surface area contributed by atoms with Gasteiger partial charge in [-0.2, -0.15) is 0 Å². The number of benzene rings is 1. The molecule has 1 atom stereocenters. The second-order valence-corrected chi connectivity index (χ2v) is 6.55. The average molecular weight is 303 g/mol. The molecule has 1 unspecified atom stereocenters. The normalized spacial score (nSPS) is 12.4. The summed E-state index contributed by atoms with van der Waals surface area (Å²) in [4.78, 5) is 16.4. The first-order valence-corrected chi connectivity index (χ1v) is 7.91. The first-order chi connectivity index (χ1) is 9.95. The summed E-state index contributed by atoms with van der Waals surface area (Å²) >= 11 is 1.62. The van der Waals surface area contributed by atoms with E-state index >= 15 is 0 Å². The molecule has 0 fully saturated rings. The molecule has 1 aromatic heterocycles. The molecule has 0 radical (unpaired) electrons. The number of amides is 1. The molecule has 1 aromatic carbocycles. The number of hydrogen-bond acceptors (Lipinski definition) is 4. The van der Waals surface area contributed by atoms with Crippen LogP contribution in [0.1, 0.15) is 25.3 Å². The van der Waals surface area contributed by atoms with Crippen molar-refractivity contribution in [3.05, 3.63) is 34.7 Å². The molecule has 2 rings (SSSR count). The lowest BCUT2D eigenvalue weighted by molar-refractivity contribution is -0.116. The standard InChI is InChI=1S/C16H21N3OS/c1-10(2)14(17)8-16(20)19-13-6-4-5-12(7-13)15-9-21-11(3)18-15/h4-7,9-10,14H,8,17H2,1-3H3,(H,19,20). The number of hydrogen-bond donors (Lipinski definition) is 2. The minimum absolute atomic E-state index is 0.0530. The number of carbonyl (C=O) groups is 1. The second-order valence-electron chi connectivity index (χ2n) is 5.49. The molecule has 0 saturated carbocycles. The predicted molar refractivity (Wildman–Crippen MR) is 88.3 cm³/mol. The van der Waals surface area contributed by atoms with Crippen molar-refractivity contribution in [1.82, 2.24) is 4.98 Å². The van der Waals surface area contributed by atoms with Crippen LogP contribution in [0, 0.1) is 12.8 Å². The van der Waals surface area contributed by atoms with Crippen LogP contribution in [0.4, 0.5) is 5.69 Å². The van der Waals surface area contributed by atoms with Gasteiger partial charge in [-0.3, -0.25) is 4.79 Å². The maximum absolute atomic E-state index is 12.0. The quantitative estimate of drug-likeness (QED) is 0.889. The summed E-state index contributed by atoms with van der Waals surface area (Å²) in [6, 6.07) is 7.61. The van der Waals surface area contributed by atoms with Gasteiger partial charge in [0.1, 0.15) is 0 Å². The Morgan fingerprint density at radius 3 is 2.81 bits per heavy atom. The van der Waals surface area contributed by atoms with Gasteiger partial charge in [0.25, 0.3) is 0 Å². The van der Waals surface area contributed by atoms with Crippen molar-refractivity contribution in [2.45, 2.75) is 33.2 Å². The number of thiazole rings is 1. The van der Waals surface area contributed by atoms with Gasteiger partial charge >= 0.3 is 0 Å². The van der Waals surface area contributed by atoms with Crippen LogP contribution in [0.25, 0.3) is 11.3 Å². The van der Waals surface area contributed by atoms with E-state index in [0.29, 0.717) is 12.3 Å². The summed E-state index contributed by atoms with van der Waals surface area (Å²) in [5.74, 6) is 0.239. The number of nitrogens with one attached hydrogen (secondary N) is 1. The van der Waals surface area contributed by atoms with Gasteiger partial charge in [-0.05, 0) is 25.0 Å². The monoisotopic (exact) mass is 303 g/mol. The van der Waals surface area contributed by atoms with Crippen molar-refractivity contribution in [1.29, 1.82) is 0 Å². The molecule has 0 saturated heterocycles. The highest BCUT2D eigenvalue weighted by molar-refractivity contribution is 7.09. The third-order valence-corrected chi connectivity index (χ3v) is 4.11. The highest BCUT2D eigenvalue weighted by Gasteiger charge is 2.13. The fraction of sp³-hybridized carbons (Fsp3) is 0.375. The van der Waals surface area contributed by atoms with Crippen LogP contribution in [-0.2, 0) is 4.79 Å². The zero-order valence-electron chi connectivity index (χ0n) is 12.6. The van der Waals surface area contributed by atoms with Gasteiger partial charge in [0.05, 0.1) is 10.7 Å². The topological polar surface area (TPSA) is 68.0 Å². The maximum atomic E-state index is 12.0. The largest absolute Gasteiger partial charge is 0.327 e. The van der Waals surface area contributed by atoms with Gasteiger partial charge < -0.3 is 11.1 Å². The molecule has 0 bridgehead atoms. The molecule has 0 aliphatic heterocycles. The van der Waals surface area contributed by atoms with Crippen LogP contribution >= 0.6 is 11.3 Å². The molecule has 0 aliphatic carbocycles. The number of carbonyl (C=O) groups excluding carboxylic acids is 1. The van der Waals surface area contributed by atoms with Crippen molar-refractivity contribution in [3.63, 3.8) is 0 Å². The fourth-order valence-corrected chi connectivity index (χ4v) is 2.54. The zero-order valence-corrected chi connectivity index (χ0v) is 13.4. The number of nitrogens with two attached hydrogens (primary N) is 1. The number of anilines is 1. The van der Waals surface area contributed by atoms with Gasteiger partial charge in [-0.1, -0.05) is 26.0 Å². The third-order valence-electron chi connectivity index (χ3n) is 3.34. The minimum Gasteiger partial charge on any atom is -0.327 e. The van der Waals surface area contributed by atoms with Gasteiger partial charge in [-0.25, -0.2) is 4.98 Å². The smallest absolute Gasteiger partial charge is 0.225 e. The minimum atomic E-state index is -0.116. The van der Waals surface area contributed by atoms with E-state index < -0.39 is 0 Å². The van der Waals surface area contributed by atoms with Gasteiger partial charge in [0, 0.05) is 29.1 Å². The SMILES string of the molecule is Cc1nc(-c2cccc(NC(=O)CC(N)C(C)C)c2)cs1. The molecule has 21 heavy (non-hydrogen) atoms. The van der Waals surface area contributed by atoms with E-state index in [9.17, 15) is 4.79 Å². The zero-order chi connectivity index (χ0) is 15.4. The van der Waals surface area contributed by atoms with Crippen molar-refractivity contribution >= 4 is 22.9 Å². The van der Waals surface area contributed by atoms with Crippen LogP contribution in [0.15, 0.2) is 29.6 Å². The van der Waals surface area contributed by atoms with E-state index in [1.165, 1.54) is 0 Å². The third kappa shape index (κ3) is 4.37. The molecule has 112 valence electrons. The van der Waals surface area contributed by atoms with Crippen LogP contribution < -0.4 is 11.1 Å². The van der Waals surface area contributed by atoms with E-state index in [-0.39, 0.29) is 11.9 Å². The first kappa shape index (κ1) is 15.7. The number of nitrogens with zero attached hydrogens (tertiary/aromatic N) is 1. The molecule has 1 heterocycles. The summed E-state index contributed by atoms with van der Waals surface area (Å²) in [5, 5.41) is 5.95. The Hall–Kier alpha value is -1.72. The Kier molecular flexibility index (Phi) is 5.09. The molecule has 3 N–H and O–H groups in total. The predicted octanol–water partition coefficient (Wildman–Crippen LogP) is 3.43. The lowest BCUT2D eigenvalue weighted by Gasteiger charge is -2.15. The molecule has 2 aromatic rings. The van der Waals surface area contributed by atoms with Crippen molar-refractivity contribution in [2.75, 3.05) is 5.32 Å². The van der Waals surface area contributed by atoms with E-state index in [1.807, 2.05) is 50.4 Å². The lowest BCUT2D eigenvalue weighted by Crippen LogP contribution is -2.31. The van der Waals surface area contributed by atoms with Crippen molar-refractivity contribution in [2.24, 2.45) is 11.7 Å². The summed E-state index contributed by atoms with van der Waals surface area (Å²) in [6.45, 7) is 6.01. The summed E-state index contributed by atoms with van der Waals surface area (Å²) in [6.07, 6.45) is 0.331. The second kappa shape index (κ2) is 6.83. The van der Waals surface area contributed by atoms with E-state index in [4.69, 9.17) is 5.73 Å². The first-order valence-electron chi connectivity index (χ1n) is 7.03. The highest BCUT2D eigenvalue weighted by atomic mass is 32.1. The number of aromatic nitrogens is 1. The van der Waals surface area contributed by atoms with E-state index in [1.54, 1.807) is 11.3 Å². The van der Waals surface area contributed by atoms with Crippen LogP contribution in [0.3, 0.4) is 0 Å². The number of rotatable bonds is 5. The van der Waals surface area contributed by atoms with E-state index in [2.05, 4.69) is 10.3 Å². The maximum Gasteiger partial charge on any atom is 0.225 e. The Balaban J connectivity index is 2.06. The molecule has 5 heteroatoms. The van der Waals surface area contributed by atoms with Gasteiger partial charge in [-0.15, -0.1) is 11.3 Å². The Morgan fingerprint density at radius 2 is 2.19 bits per heavy atom. The lowest BCUT2D eigenvalue weighted by atomic mass is 10.0. The Bertz CT molecular complexity index is 621. The Morgan fingerprint density at radius 1 is 1.43 bits per heavy atom. The molecule has 1 amide bonds. The average Bonchev–Trinajstić information content (AvgIpc) is 2.85. The van der Waals surface area contributed by atoms with Gasteiger partial charge in [0.15, 0.2) is 0 Å². The van der Waals surface area contributed by atoms with Crippen molar-refractivity contribution < 1.29 is 4.79 Å². The van der Waals surface area contributed by atoms with Gasteiger partial charge in [0.2, 0.25) is 5.91 Å². The summed E-state index contributed by atoms with van der Waals surface area (Å²) in [5.41, 5.74) is 8.64. The van der Waals surface area contributed by atoms with Crippen molar-refractivity contribution in [3.8, 4) is 11.3 Å². The van der Waals surface area contributed by atoms with Crippen LogP contribution in [0.5, 0.6) is 0 Å². The number of aryl methyl sites for hydroxylation is 1.